The SMILES string of the molecule is CC[C@H](NC(=O)OC(C)(C)C)C(=O)NCc1ccc(N)cc1. The highest BCUT2D eigenvalue weighted by atomic mass is 16.6. The maximum absolute atomic E-state index is 12.1. The van der Waals surface area contributed by atoms with Gasteiger partial charge in [-0.25, -0.2) is 4.79 Å². The van der Waals surface area contributed by atoms with Crippen molar-refractivity contribution in [2.24, 2.45) is 0 Å². The quantitative estimate of drug-likeness (QED) is 0.727. The van der Waals surface area contributed by atoms with Crippen LogP contribution >= 0.6 is 0 Å². The monoisotopic (exact) mass is 307 g/mol. The van der Waals surface area contributed by atoms with Crippen LogP contribution in [0.25, 0.3) is 0 Å². The number of hydrogen-bond donors (Lipinski definition) is 3. The van der Waals surface area contributed by atoms with Crippen LogP contribution in [0.3, 0.4) is 0 Å². The molecule has 0 saturated carbocycles. The lowest BCUT2D eigenvalue weighted by atomic mass is 10.2. The van der Waals surface area contributed by atoms with Crippen LogP contribution in [0.1, 0.15) is 39.7 Å². The molecule has 0 aliphatic carbocycles. The molecule has 0 spiro atoms. The highest BCUT2D eigenvalue weighted by Crippen LogP contribution is 2.08. The number of nitrogens with one attached hydrogen (secondary N) is 2. The van der Waals surface area contributed by atoms with Gasteiger partial charge in [0.2, 0.25) is 5.91 Å². The summed E-state index contributed by atoms with van der Waals surface area (Å²) in [4.78, 5) is 23.8. The van der Waals surface area contributed by atoms with Gasteiger partial charge in [0, 0.05) is 12.2 Å². The molecule has 0 fully saturated rings. The van der Waals surface area contributed by atoms with Crippen molar-refractivity contribution in [2.75, 3.05) is 5.73 Å². The van der Waals surface area contributed by atoms with E-state index in [2.05, 4.69) is 10.6 Å². The lowest BCUT2D eigenvalue weighted by Gasteiger charge is -2.22. The standard InChI is InChI=1S/C16H25N3O3/c1-5-13(19-15(21)22-16(2,3)4)14(20)18-10-11-6-8-12(17)9-7-11/h6-9,13H,5,10,17H2,1-4H3,(H,18,20)(H,19,21)/t13-/m0/s1. The Bertz CT molecular complexity index is 506. The Labute approximate surface area is 131 Å². The fraction of sp³-hybridized carbons (Fsp3) is 0.500. The summed E-state index contributed by atoms with van der Waals surface area (Å²) in [5, 5.41) is 5.36. The average molecular weight is 307 g/mol. The normalized spacial score (nSPS) is 12.4. The highest BCUT2D eigenvalue weighted by Gasteiger charge is 2.22. The number of benzene rings is 1. The van der Waals surface area contributed by atoms with Crippen molar-refractivity contribution in [1.29, 1.82) is 0 Å². The van der Waals surface area contributed by atoms with Crippen molar-refractivity contribution in [1.82, 2.24) is 10.6 Å². The molecule has 1 aromatic carbocycles. The summed E-state index contributed by atoms with van der Waals surface area (Å²) in [6.45, 7) is 7.52. The number of rotatable bonds is 5. The van der Waals surface area contributed by atoms with Crippen LogP contribution in [0, 0.1) is 0 Å². The molecular formula is C16H25N3O3. The van der Waals surface area contributed by atoms with Gasteiger partial charge in [-0.3, -0.25) is 4.79 Å². The zero-order chi connectivity index (χ0) is 16.8. The summed E-state index contributed by atoms with van der Waals surface area (Å²) in [6, 6.07) is 6.62. The van der Waals surface area contributed by atoms with Crippen molar-refractivity contribution < 1.29 is 14.3 Å². The largest absolute Gasteiger partial charge is 0.444 e. The molecule has 0 aromatic heterocycles. The number of carbonyl (C=O) groups excluding carboxylic acids is 2. The fourth-order valence-electron chi connectivity index (χ4n) is 1.75. The molecule has 6 nitrogen and oxygen atoms in total. The zero-order valence-corrected chi connectivity index (χ0v) is 13.6. The molecule has 22 heavy (non-hydrogen) atoms. The van der Waals surface area contributed by atoms with Gasteiger partial charge < -0.3 is 21.1 Å². The Morgan fingerprint density at radius 2 is 1.82 bits per heavy atom. The first kappa shape index (κ1) is 17.8. The van der Waals surface area contributed by atoms with E-state index in [0.29, 0.717) is 18.7 Å². The van der Waals surface area contributed by atoms with Crippen LogP contribution in [0.2, 0.25) is 0 Å². The van der Waals surface area contributed by atoms with Crippen LogP contribution in [0.4, 0.5) is 10.5 Å². The number of ether oxygens (including phenoxy) is 1. The number of carbonyl (C=O) groups is 2. The van der Waals surface area contributed by atoms with Crippen molar-refractivity contribution in [3.05, 3.63) is 29.8 Å². The minimum Gasteiger partial charge on any atom is -0.444 e. The summed E-state index contributed by atoms with van der Waals surface area (Å²) in [5.74, 6) is -0.245. The predicted octanol–water partition coefficient (Wildman–Crippen LogP) is 2.19. The minimum atomic E-state index is -0.622. The van der Waals surface area contributed by atoms with Crippen molar-refractivity contribution in [2.45, 2.75) is 52.3 Å². The molecule has 0 aliphatic rings. The molecule has 0 radical (unpaired) electrons. The first-order valence-corrected chi connectivity index (χ1v) is 7.33. The number of alkyl carbamates (subject to hydrolysis) is 1. The Morgan fingerprint density at radius 1 is 1.23 bits per heavy atom. The molecule has 6 heteroatoms. The lowest BCUT2D eigenvalue weighted by Crippen LogP contribution is -2.47. The molecule has 4 N–H and O–H groups in total. The lowest BCUT2D eigenvalue weighted by molar-refractivity contribution is -0.123. The van der Waals surface area contributed by atoms with Gasteiger partial charge in [-0.1, -0.05) is 19.1 Å². The molecular weight excluding hydrogens is 282 g/mol. The molecule has 0 saturated heterocycles. The Balaban J connectivity index is 2.50. The third-order valence-corrected chi connectivity index (χ3v) is 2.86. The Morgan fingerprint density at radius 3 is 2.32 bits per heavy atom. The van der Waals surface area contributed by atoms with Gasteiger partial charge >= 0.3 is 6.09 Å². The third-order valence-electron chi connectivity index (χ3n) is 2.86. The van der Waals surface area contributed by atoms with E-state index in [-0.39, 0.29) is 5.91 Å². The summed E-state index contributed by atoms with van der Waals surface area (Å²) in [7, 11) is 0. The number of nitrogens with two attached hydrogens (primary N) is 1. The molecule has 1 aromatic rings. The van der Waals surface area contributed by atoms with Crippen LogP contribution < -0.4 is 16.4 Å². The second-order valence-electron chi connectivity index (χ2n) is 6.07. The topological polar surface area (TPSA) is 93.4 Å². The molecule has 1 rings (SSSR count). The van der Waals surface area contributed by atoms with Gasteiger partial charge in [-0.2, -0.15) is 0 Å². The summed E-state index contributed by atoms with van der Waals surface area (Å²) in [5.41, 5.74) is 6.63. The van der Waals surface area contributed by atoms with Gasteiger partial charge in [0.05, 0.1) is 0 Å². The second kappa shape index (κ2) is 7.68. The van der Waals surface area contributed by atoms with Gasteiger partial charge in [-0.15, -0.1) is 0 Å². The maximum atomic E-state index is 12.1. The summed E-state index contributed by atoms with van der Waals surface area (Å²) < 4.78 is 5.15. The number of nitrogen functional groups attached to an aromatic ring is 1. The Hall–Kier alpha value is -2.24. The van der Waals surface area contributed by atoms with Crippen LogP contribution in [0.15, 0.2) is 24.3 Å². The number of amides is 2. The molecule has 0 heterocycles. The van der Waals surface area contributed by atoms with E-state index in [1.165, 1.54) is 0 Å². The smallest absolute Gasteiger partial charge is 0.408 e. The molecule has 0 unspecified atom stereocenters. The summed E-state index contributed by atoms with van der Waals surface area (Å²) >= 11 is 0. The van der Waals surface area contributed by atoms with Crippen LogP contribution in [-0.4, -0.2) is 23.6 Å². The van der Waals surface area contributed by atoms with E-state index in [1.54, 1.807) is 32.9 Å². The molecule has 122 valence electrons. The van der Waals surface area contributed by atoms with Gasteiger partial charge in [0.1, 0.15) is 11.6 Å². The van der Waals surface area contributed by atoms with E-state index in [1.807, 2.05) is 19.1 Å². The Kier molecular flexibility index (Phi) is 6.22. The summed E-state index contributed by atoms with van der Waals surface area (Å²) in [6.07, 6.45) is -0.116. The number of hydrogen-bond acceptors (Lipinski definition) is 4. The maximum Gasteiger partial charge on any atom is 0.408 e. The molecule has 2 amide bonds. The van der Waals surface area contributed by atoms with Gasteiger partial charge in [0.25, 0.3) is 0 Å². The molecule has 1 atom stereocenters. The molecule has 0 bridgehead atoms. The van der Waals surface area contributed by atoms with E-state index in [4.69, 9.17) is 10.5 Å². The predicted molar refractivity (Wildman–Crippen MR) is 86.1 cm³/mol. The second-order valence-corrected chi connectivity index (χ2v) is 6.07. The van der Waals surface area contributed by atoms with E-state index in [0.717, 1.165) is 5.56 Å². The van der Waals surface area contributed by atoms with Crippen LogP contribution in [-0.2, 0) is 16.1 Å². The van der Waals surface area contributed by atoms with Gasteiger partial charge in [-0.05, 0) is 44.9 Å². The van der Waals surface area contributed by atoms with Crippen molar-refractivity contribution >= 4 is 17.7 Å². The fourth-order valence-corrected chi connectivity index (χ4v) is 1.75. The van der Waals surface area contributed by atoms with E-state index in [9.17, 15) is 9.59 Å². The van der Waals surface area contributed by atoms with E-state index >= 15 is 0 Å². The zero-order valence-electron chi connectivity index (χ0n) is 13.6. The molecule has 0 aliphatic heterocycles. The first-order chi connectivity index (χ1) is 10.2. The van der Waals surface area contributed by atoms with Gasteiger partial charge in [0.15, 0.2) is 0 Å². The van der Waals surface area contributed by atoms with Crippen molar-refractivity contribution in [3.63, 3.8) is 0 Å². The number of anilines is 1. The average Bonchev–Trinajstić information content (AvgIpc) is 2.42. The van der Waals surface area contributed by atoms with Crippen LogP contribution in [0.5, 0.6) is 0 Å². The minimum absolute atomic E-state index is 0.245. The highest BCUT2D eigenvalue weighted by molar-refractivity contribution is 5.85. The van der Waals surface area contributed by atoms with E-state index < -0.39 is 17.7 Å². The van der Waals surface area contributed by atoms with Crippen molar-refractivity contribution in [3.8, 4) is 0 Å². The first-order valence-electron chi connectivity index (χ1n) is 7.33. The third kappa shape index (κ3) is 6.47.